The van der Waals surface area contributed by atoms with E-state index in [1.165, 1.54) is 7.11 Å². The summed E-state index contributed by atoms with van der Waals surface area (Å²) in [4.78, 5) is 11.7. The summed E-state index contributed by atoms with van der Waals surface area (Å²) in [6, 6.07) is 4.65. The van der Waals surface area contributed by atoms with E-state index in [-0.39, 0.29) is 12.5 Å². The molecule has 0 radical (unpaired) electrons. The van der Waals surface area contributed by atoms with Crippen molar-refractivity contribution in [1.29, 1.82) is 0 Å². The Bertz CT molecular complexity index is 438. The molecule has 0 aliphatic heterocycles. The molecule has 0 bridgehead atoms. The average molecular weight is 287 g/mol. The van der Waals surface area contributed by atoms with Gasteiger partial charge < -0.3 is 20.5 Å². The smallest absolute Gasteiger partial charge is 0.319 e. The van der Waals surface area contributed by atoms with Crippen molar-refractivity contribution < 1.29 is 14.6 Å². The quantitative estimate of drug-likeness (QED) is 0.779. The number of methoxy groups -OCH3 is 1. The van der Waals surface area contributed by atoms with Crippen molar-refractivity contribution in [3.05, 3.63) is 23.2 Å². The molecular weight excluding hydrogens is 268 g/mol. The molecule has 0 saturated carbocycles. The number of halogens is 1. The first-order chi connectivity index (χ1) is 8.95. The van der Waals surface area contributed by atoms with Crippen molar-refractivity contribution in [3.63, 3.8) is 0 Å². The lowest BCUT2D eigenvalue weighted by Gasteiger charge is -2.16. The zero-order valence-corrected chi connectivity index (χ0v) is 12.0. The van der Waals surface area contributed by atoms with Crippen molar-refractivity contribution in [2.45, 2.75) is 20.0 Å². The summed E-state index contributed by atoms with van der Waals surface area (Å²) in [5.74, 6) is 0.490. The Labute approximate surface area is 117 Å². The van der Waals surface area contributed by atoms with Gasteiger partial charge in [0.05, 0.1) is 23.9 Å². The van der Waals surface area contributed by atoms with E-state index < -0.39 is 12.1 Å². The van der Waals surface area contributed by atoms with E-state index in [0.29, 0.717) is 16.5 Å². The molecule has 0 aliphatic rings. The summed E-state index contributed by atoms with van der Waals surface area (Å²) in [5.41, 5.74) is 0.478. The molecule has 0 aliphatic carbocycles. The van der Waals surface area contributed by atoms with Crippen LogP contribution < -0.4 is 15.4 Å². The van der Waals surface area contributed by atoms with Crippen LogP contribution >= 0.6 is 11.6 Å². The number of para-hydroxylation sites is 1. The van der Waals surface area contributed by atoms with E-state index in [1.807, 2.05) is 13.8 Å². The molecule has 1 aromatic rings. The number of urea groups is 1. The molecule has 0 aromatic heterocycles. The molecule has 0 spiro atoms. The van der Waals surface area contributed by atoms with Crippen LogP contribution in [0.5, 0.6) is 5.75 Å². The van der Waals surface area contributed by atoms with Crippen LogP contribution in [0.2, 0.25) is 5.02 Å². The average Bonchev–Trinajstić information content (AvgIpc) is 2.36. The minimum atomic E-state index is -0.577. The van der Waals surface area contributed by atoms with Crippen molar-refractivity contribution in [1.82, 2.24) is 5.32 Å². The maximum Gasteiger partial charge on any atom is 0.319 e. The molecule has 2 amide bonds. The van der Waals surface area contributed by atoms with Crippen molar-refractivity contribution in [2.24, 2.45) is 5.92 Å². The Balaban J connectivity index is 2.60. The molecule has 1 rings (SSSR count). The number of nitrogens with one attached hydrogen (secondary N) is 2. The Morgan fingerprint density at radius 3 is 2.74 bits per heavy atom. The van der Waals surface area contributed by atoms with Crippen LogP contribution in [0.4, 0.5) is 10.5 Å². The monoisotopic (exact) mass is 286 g/mol. The van der Waals surface area contributed by atoms with E-state index in [4.69, 9.17) is 16.3 Å². The molecule has 19 heavy (non-hydrogen) atoms. The second kappa shape index (κ2) is 7.21. The number of aliphatic hydroxyl groups excluding tert-OH is 1. The third kappa shape index (κ3) is 4.61. The number of amides is 2. The predicted molar refractivity (Wildman–Crippen MR) is 75.9 cm³/mol. The van der Waals surface area contributed by atoms with Gasteiger partial charge in [-0.3, -0.25) is 0 Å². The molecule has 106 valence electrons. The molecule has 0 heterocycles. The maximum absolute atomic E-state index is 11.7. The largest absolute Gasteiger partial charge is 0.493 e. The van der Waals surface area contributed by atoms with Gasteiger partial charge in [0, 0.05) is 6.54 Å². The normalized spacial score (nSPS) is 12.1. The Kier molecular flexibility index (Phi) is 5.92. The van der Waals surface area contributed by atoms with Crippen LogP contribution in [0.15, 0.2) is 18.2 Å². The molecular formula is C13H19ClN2O3. The van der Waals surface area contributed by atoms with Gasteiger partial charge in [0.25, 0.3) is 0 Å². The lowest BCUT2D eigenvalue weighted by atomic mass is 10.1. The van der Waals surface area contributed by atoms with Gasteiger partial charge in [-0.05, 0) is 18.1 Å². The summed E-state index contributed by atoms with van der Waals surface area (Å²) in [7, 11) is 1.48. The number of benzene rings is 1. The number of carbonyl (C=O) groups excluding carboxylic acids is 1. The first-order valence-corrected chi connectivity index (χ1v) is 6.39. The van der Waals surface area contributed by atoms with Crippen LogP contribution in [0, 0.1) is 5.92 Å². The number of anilines is 1. The zero-order valence-electron chi connectivity index (χ0n) is 11.2. The van der Waals surface area contributed by atoms with Gasteiger partial charge in [0.2, 0.25) is 0 Å². The third-order valence-electron chi connectivity index (χ3n) is 2.66. The summed E-state index contributed by atoms with van der Waals surface area (Å²) in [5, 5.41) is 15.2. The Hall–Kier alpha value is -1.46. The number of hydrogen-bond acceptors (Lipinski definition) is 3. The fourth-order valence-electron chi connectivity index (χ4n) is 1.41. The highest BCUT2D eigenvalue weighted by Crippen LogP contribution is 2.32. The van der Waals surface area contributed by atoms with Crippen LogP contribution in [0.3, 0.4) is 0 Å². The highest BCUT2D eigenvalue weighted by Gasteiger charge is 2.13. The first kappa shape index (κ1) is 15.6. The van der Waals surface area contributed by atoms with Crippen LogP contribution in [-0.2, 0) is 0 Å². The molecule has 0 unspecified atom stereocenters. The number of aliphatic hydroxyl groups is 1. The van der Waals surface area contributed by atoms with Crippen molar-refractivity contribution in [2.75, 3.05) is 19.0 Å². The Morgan fingerprint density at radius 2 is 2.16 bits per heavy atom. The highest BCUT2D eigenvalue weighted by atomic mass is 35.5. The van der Waals surface area contributed by atoms with Crippen LogP contribution in [-0.4, -0.2) is 30.9 Å². The van der Waals surface area contributed by atoms with Crippen LogP contribution in [0.25, 0.3) is 0 Å². The molecule has 1 atom stereocenters. The topological polar surface area (TPSA) is 70.6 Å². The van der Waals surface area contributed by atoms with Gasteiger partial charge in [0.15, 0.2) is 5.75 Å². The molecule has 0 fully saturated rings. The fourth-order valence-corrected chi connectivity index (χ4v) is 1.67. The first-order valence-electron chi connectivity index (χ1n) is 6.01. The molecule has 3 N–H and O–H groups in total. The van der Waals surface area contributed by atoms with Gasteiger partial charge in [0.1, 0.15) is 0 Å². The second-order valence-electron chi connectivity index (χ2n) is 4.47. The van der Waals surface area contributed by atoms with Gasteiger partial charge in [-0.15, -0.1) is 0 Å². The van der Waals surface area contributed by atoms with Gasteiger partial charge in [-0.2, -0.15) is 0 Å². The number of carbonyl (C=O) groups is 1. The second-order valence-corrected chi connectivity index (χ2v) is 4.87. The van der Waals surface area contributed by atoms with E-state index in [1.54, 1.807) is 18.2 Å². The minimum Gasteiger partial charge on any atom is -0.493 e. The van der Waals surface area contributed by atoms with E-state index >= 15 is 0 Å². The standard InChI is InChI=1S/C13H19ClN2O3/c1-8(2)11(17)7-15-13(18)16-10-6-4-5-9(14)12(10)19-3/h4-6,8,11,17H,7H2,1-3H3,(H2,15,16,18)/t11-/m1/s1. The van der Waals surface area contributed by atoms with Gasteiger partial charge >= 0.3 is 6.03 Å². The molecule has 1 aromatic carbocycles. The van der Waals surface area contributed by atoms with Crippen molar-refractivity contribution >= 4 is 23.3 Å². The SMILES string of the molecule is COc1c(Cl)cccc1NC(=O)NC[C@@H](O)C(C)C. The number of rotatable bonds is 5. The summed E-state index contributed by atoms with van der Waals surface area (Å²) in [6.07, 6.45) is -0.577. The van der Waals surface area contributed by atoms with E-state index in [2.05, 4.69) is 10.6 Å². The highest BCUT2D eigenvalue weighted by molar-refractivity contribution is 6.32. The molecule has 0 saturated heterocycles. The van der Waals surface area contributed by atoms with E-state index in [0.717, 1.165) is 0 Å². The van der Waals surface area contributed by atoms with Gasteiger partial charge in [-0.1, -0.05) is 31.5 Å². The number of hydrogen-bond donors (Lipinski definition) is 3. The lowest BCUT2D eigenvalue weighted by molar-refractivity contribution is 0.126. The van der Waals surface area contributed by atoms with Gasteiger partial charge in [-0.25, -0.2) is 4.79 Å². The number of ether oxygens (including phenoxy) is 1. The third-order valence-corrected chi connectivity index (χ3v) is 2.96. The zero-order chi connectivity index (χ0) is 14.4. The van der Waals surface area contributed by atoms with Crippen molar-refractivity contribution in [3.8, 4) is 5.75 Å². The maximum atomic E-state index is 11.7. The summed E-state index contributed by atoms with van der Waals surface area (Å²) < 4.78 is 5.12. The summed E-state index contributed by atoms with van der Waals surface area (Å²) >= 11 is 5.95. The Morgan fingerprint density at radius 1 is 1.47 bits per heavy atom. The lowest BCUT2D eigenvalue weighted by Crippen LogP contribution is -2.37. The minimum absolute atomic E-state index is 0.0843. The molecule has 6 heteroatoms. The fraction of sp³-hybridized carbons (Fsp3) is 0.462. The predicted octanol–water partition coefficient (Wildman–Crippen LogP) is 2.49. The molecule has 5 nitrogen and oxygen atoms in total. The van der Waals surface area contributed by atoms with E-state index in [9.17, 15) is 9.90 Å². The summed E-state index contributed by atoms with van der Waals surface area (Å²) in [6.45, 7) is 3.95. The van der Waals surface area contributed by atoms with Crippen LogP contribution in [0.1, 0.15) is 13.8 Å².